The number of hydrogen-bond donors (Lipinski definition) is 1. The molecule has 1 N–H and O–H groups in total. The number of aromatic carboxylic acids is 1. The van der Waals surface area contributed by atoms with Crippen molar-refractivity contribution in [1.82, 2.24) is 4.98 Å². The molecule has 5 nitrogen and oxygen atoms in total. The van der Waals surface area contributed by atoms with E-state index in [9.17, 15) is 13.2 Å². The first-order valence-corrected chi connectivity index (χ1v) is 6.94. The van der Waals surface area contributed by atoms with Gasteiger partial charge in [-0.2, -0.15) is 0 Å². The molecule has 0 amide bonds. The molecular weight excluding hydrogens is 238 g/mol. The van der Waals surface area contributed by atoms with Crippen molar-refractivity contribution in [3.05, 3.63) is 16.1 Å². The number of hydrogen-bond acceptors (Lipinski definition) is 5. The third-order valence-corrected chi connectivity index (χ3v) is 5.77. The highest BCUT2D eigenvalue weighted by Crippen LogP contribution is 2.36. The van der Waals surface area contributed by atoms with Crippen molar-refractivity contribution in [2.24, 2.45) is 0 Å². The molecule has 0 bridgehead atoms. The van der Waals surface area contributed by atoms with E-state index in [1.54, 1.807) is 0 Å². The standard InChI is InChI=1S/C8H9NO4S2/c10-8(11)5-4-9-7(14-5)6-2-1-3-15(6,12)13/h4,6H,1-3H2,(H,10,11). The second-order valence-electron chi connectivity index (χ2n) is 3.37. The summed E-state index contributed by atoms with van der Waals surface area (Å²) in [6.07, 6.45) is 2.40. The lowest BCUT2D eigenvalue weighted by atomic mass is 10.3. The normalized spacial score (nSPS) is 24.1. The number of carbonyl (C=O) groups is 1. The van der Waals surface area contributed by atoms with Crippen LogP contribution < -0.4 is 0 Å². The summed E-state index contributed by atoms with van der Waals surface area (Å²) in [6.45, 7) is 0. The van der Waals surface area contributed by atoms with Gasteiger partial charge in [0.2, 0.25) is 0 Å². The lowest BCUT2D eigenvalue weighted by Crippen LogP contribution is -2.07. The minimum atomic E-state index is -3.10. The van der Waals surface area contributed by atoms with Crippen LogP contribution in [0.2, 0.25) is 0 Å². The number of nitrogens with zero attached hydrogens (tertiary/aromatic N) is 1. The highest BCUT2D eigenvalue weighted by molar-refractivity contribution is 7.92. The maximum absolute atomic E-state index is 11.6. The van der Waals surface area contributed by atoms with E-state index in [0.29, 0.717) is 17.8 Å². The molecule has 1 aliphatic rings. The molecule has 1 aromatic rings. The van der Waals surface area contributed by atoms with Crippen molar-refractivity contribution in [3.8, 4) is 0 Å². The summed E-state index contributed by atoms with van der Waals surface area (Å²) in [7, 11) is -3.10. The number of carboxylic acid groups (broad SMARTS) is 1. The molecule has 0 spiro atoms. The van der Waals surface area contributed by atoms with Gasteiger partial charge in [-0.15, -0.1) is 11.3 Å². The number of aromatic nitrogens is 1. The number of sulfone groups is 1. The zero-order chi connectivity index (χ0) is 11.1. The van der Waals surface area contributed by atoms with Crippen molar-refractivity contribution in [2.45, 2.75) is 18.1 Å². The molecule has 2 heterocycles. The Hall–Kier alpha value is -0.950. The smallest absolute Gasteiger partial charge is 0.347 e. The predicted octanol–water partition coefficient (Wildman–Crippen LogP) is 1.09. The van der Waals surface area contributed by atoms with Gasteiger partial charge in [-0.25, -0.2) is 18.2 Å². The van der Waals surface area contributed by atoms with Gasteiger partial charge in [0.15, 0.2) is 9.84 Å². The fraction of sp³-hybridized carbons (Fsp3) is 0.500. The van der Waals surface area contributed by atoms with Crippen LogP contribution in [-0.4, -0.2) is 30.2 Å². The summed E-state index contributed by atoms with van der Waals surface area (Å²) in [4.78, 5) is 14.6. The van der Waals surface area contributed by atoms with Crippen LogP contribution in [0.4, 0.5) is 0 Å². The van der Waals surface area contributed by atoms with Gasteiger partial charge >= 0.3 is 5.97 Å². The molecule has 1 unspecified atom stereocenters. The van der Waals surface area contributed by atoms with E-state index >= 15 is 0 Å². The van der Waals surface area contributed by atoms with Crippen LogP contribution in [0.1, 0.15) is 32.8 Å². The second kappa shape index (κ2) is 3.57. The SMILES string of the molecule is O=C(O)c1cnc(C2CCCS2(=O)=O)s1. The van der Waals surface area contributed by atoms with Gasteiger partial charge in [0.1, 0.15) is 15.1 Å². The first-order chi connectivity index (χ1) is 7.00. The Balaban J connectivity index is 2.34. The summed E-state index contributed by atoms with van der Waals surface area (Å²) in [5.74, 6) is -0.881. The zero-order valence-corrected chi connectivity index (χ0v) is 9.34. The highest BCUT2D eigenvalue weighted by atomic mass is 32.2. The summed E-state index contributed by atoms with van der Waals surface area (Å²) < 4.78 is 23.1. The largest absolute Gasteiger partial charge is 0.477 e. The number of rotatable bonds is 2. The maximum atomic E-state index is 11.6. The van der Waals surface area contributed by atoms with Crippen LogP contribution in [0, 0.1) is 0 Å². The van der Waals surface area contributed by atoms with Crippen molar-refractivity contribution < 1.29 is 18.3 Å². The van der Waals surface area contributed by atoms with E-state index in [1.165, 1.54) is 6.20 Å². The number of thiazole rings is 1. The summed E-state index contributed by atoms with van der Waals surface area (Å²) >= 11 is 0.951. The van der Waals surface area contributed by atoms with Crippen molar-refractivity contribution in [2.75, 3.05) is 5.75 Å². The zero-order valence-electron chi connectivity index (χ0n) is 7.71. The van der Waals surface area contributed by atoms with Gasteiger partial charge < -0.3 is 5.11 Å². The summed E-state index contributed by atoms with van der Waals surface area (Å²) in [5.41, 5.74) is 0. The second-order valence-corrected chi connectivity index (χ2v) is 6.73. The molecule has 0 radical (unpaired) electrons. The summed E-state index contributed by atoms with van der Waals surface area (Å²) in [5, 5.41) is 8.51. The minimum absolute atomic E-state index is 0.0899. The molecule has 2 rings (SSSR count). The lowest BCUT2D eigenvalue weighted by molar-refractivity contribution is 0.0702. The Morgan fingerprint density at radius 3 is 2.80 bits per heavy atom. The van der Waals surface area contributed by atoms with Gasteiger partial charge in [-0.05, 0) is 12.8 Å². The average Bonchev–Trinajstić information content (AvgIpc) is 2.69. The Kier molecular flexibility index (Phi) is 2.51. The first-order valence-electron chi connectivity index (χ1n) is 4.41. The van der Waals surface area contributed by atoms with Crippen LogP contribution in [0.5, 0.6) is 0 Å². The van der Waals surface area contributed by atoms with Crippen LogP contribution in [-0.2, 0) is 9.84 Å². The van der Waals surface area contributed by atoms with Gasteiger partial charge in [0.05, 0.1) is 11.9 Å². The van der Waals surface area contributed by atoms with E-state index in [2.05, 4.69) is 4.98 Å². The van der Waals surface area contributed by atoms with Crippen molar-refractivity contribution >= 4 is 27.1 Å². The van der Waals surface area contributed by atoms with Crippen molar-refractivity contribution in [1.29, 1.82) is 0 Å². The molecule has 1 fully saturated rings. The molecule has 1 saturated heterocycles. The maximum Gasteiger partial charge on any atom is 0.347 e. The molecule has 1 atom stereocenters. The van der Waals surface area contributed by atoms with Crippen LogP contribution >= 0.6 is 11.3 Å². The van der Waals surface area contributed by atoms with Crippen LogP contribution in [0.15, 0.2) is 6.20 Å². The Morgan fingerprint density at radius 1 is 1.60 bits per heavy atom. The van der Waals surface area contributed by atoms with Crippen LogP contribution in [0.3, 0.4) is 0 Å². The van der Waals surface area contributed by atoms with E-state index < -0.39 is 21.1 Å². The topological polar surface area (TPSA) is 84.3 Å². The molecule has 1 aliphatic heterocycles. The third kappa shape index (κ3) is 1.89. The van der Waals surface area contributed by atoms with E-state index in [4.69, 9.17) is 5.11 Å². The minimum Gasteiger partial charge on any atom is -0.477 e. The molecule has 7 heteroatoms. The molecule has 0 aliphatic carbocycles. The average molecular weight is 247 g/mol. The van der Waals surface area contributed by atoms with Gasteiger partial charge in [0.25, 0.3) is 0 Å². The fourth-order valence-corrected chi connectivity index (χ4v) is 4.71. The number of carboxylic acids is 1. The summed E-state index contributed by atoms with van der Waals surface area (Å²) in [6, 6.07) is 0. The van der Waals surface area contributed by atoms with E-state index in [-0.39, 0.29) is 10.6 Å². The molecular formula is C8H9NO4S2. The molecule has 0 saturated carbocycles. The van der Waals surface area contributed by atoms with E-state index in [1.807, 2.05) is 0 Å². The predicted molar refractivity (Wildman–Crippen MR) is 54.8 cm³/mol. The van der Waals surface area contributed by atoms with Crippen LogP contribution in [0.25, 0.3) is 0 Å². The Morgan fingerprint density at radius 2 is 2.33 bits per heavy atom. The Bertz CT molecular complexity index is 490. The highest BCUT2D eigenvalue weighted by Gasteiger charge is 2.35. The molecule has 15 heavy (non-hydrogen) atoms. The fourth-order valence-electron chi connectivity index (χ4n) is 1.60. The Labute approximate surface area is 90.7 Å². The molecule has 1 aromatic heterocycles. The van der Waals surface area contributed by atoms with Gasteiger partial charge in [-0.1, -0.05) is 0 Å². The van der Waals surface area contributed by atoms with E-state index in [0.717, 1.165) is 11.3 Å². The van der Waals surface area contributed by atoms with Gasteiger partial charge in [0, 0.05) is 0 Å². The van der Waals surface area contributed by atoms with Gasteiger partial charge in [-0.3, -0.25) is 0 Å². The third-order valence-electron chi connectivity index (χ3n) is 2.34. The molecule has 82 valence electrons. The quantitative estimate of drug-likeness (QED) is 0.845. The van der Waals surface area contributed by atoms with Crippen molar-refractivity contribution in [3.63, 3.8) is 0 Å². The molecule has 0 aromatic carbocycles. The lowest BCUT2D eigenvalue weighted by Gasteiger charge is -2.03. The monoisotopic (exact) mass is 247 g/mol. The first kappa shape index (κ1) is 10.6.